The van der Waals surface area contributed by atoms with E-state index in [4.69, 9.17) is 4.74 Å². The molecule has 0 aromatic heterocycles. The van der Waals surface area contributed by atoms with Crippen molar-refractivity contribution in [2.75, 3.05) is 13.2 Å². The number of rotatable bonds is 6. The molecule has 0 radical (unpaired) electrons. The van der Waals surface area contributed by atoms with Crippen molar-refractivity contribution in [3.8, 4) is 5.75 Å². The quantitative estimate of drug-likeness (QED) is 0.854. The zero-order chi connectivity index (χ0) is 14.4. The predicted octanol–water partition coefficient (Wildman–Crippen LogP) is 4.03. The highest BCUT2D eigenvalue weighted by atomic mass is 16.5. The lowest BCUT2D eigenvalue weighted by Crippen LogP contribution is -2.27. The fourth-order valence-corrected chi connectivity index (χ4v) is 2.34. The molecule has 0 aliphatic heterocycles. The molecule has 1 unspecified atom stereocenters. The maximum atomic E-state index is 5.91. The van der Waals surface area contributed by atoms with E-state index >= 15 is 0 Å². The zero-order valence-electron chi connectivity index (χ0n) is 12.5. The molecule has 0 heterocycles. The number of likely N-dealkylation sites (N-methyl/N-ethyl adjacent to an activating group) is 1. The molecule has 1 atom stereocenters. The third kappa shape index (κ3) is 3.84. The van der Waals surface area contributed by atoms with Gasteiger partial charge in [0, 0.05) is 0 Å². The van der Waals surface area contributed by atoms with Crippen LogP contribution in [-0.2, 0) is 0 Å². The molecule has 0 spiro atoms. The number of nitrogens with one attached hydrogen (secondary N) is 1. The van der Waals surface area contributed by atoms with Gasteiger partial charge in [-0.2, -0.15) is 0 Å². The summed E-state index contributed by atoms with van der Waals surface area (Å²) >= 11 is 0. The summed E-state index contributed by atoms with van der Waals surface area (Å²) in [5.74, 6) is 0.917. The lowest BCUT2D eigenvalue weighted by atomic mass is 9.99. The smallest absolute Gasteiger partial charge is 0.119 e. The summed E-state index contributed by atoms with van der Waals surface area (Å²) in [6.07, 6.45) is 0. The molecule has 2 aromatic carbocycles. The van der Waals surface area contributed by atoms with Crippen LogP contribution in [0.2, 0.25) is 0 Å². The lowest BCUT2D eigenvalue weighted by molar-refractivity contribution is 0.267. The fourth-order valence-electron chi connectivity index (χ4n) is 2.34. The van der Waals surface area contributed by atoms with E-state index in [0.29, 0.717) is 6.61 Å². The second-order valence-electron chi connectivity index (χ2n) is 5.09. The predicted molar refractivity (Wildman–Crippen MR) is 84.3 cm³/mol. The standard InChI is InChI=1S/C18H23NO/c1-4-19-18(13-20-16-8-6-5-7-9-16)17-12-14(2)10-11-15(17)3/h5-12,18-19H,4,13H2,1-3H3. The highest BCUT2D eigenvalue weighted by Crippen LogP contribution is 2.21. The molecule has 0 aliphatic carbocycles. The van der Waals surface area contributed by atoms with Gasteiger partial charge in [-0.1, -0.05) is 48.9 Å². The number of ether oxygens (including phenoxy) is 1. The van der Waals surface area contributed by atoms with E-state index in [2.05, 4.69) is 44.3 Å². The van der Waals surface area contributed by atoms with Gasteiger partial charge < -0.3 is 10.1 Å². The lowest BCUT2D eigenvalue weighted by Gasteiger charge is -2.21. The van der Waals surface area contributed by atoms with Crippen LogP contribution in [0.3, 0.4) is 0 Å². The minimum Gasteiger partial charge on any atom is -0.492 e. The van der Waals surface area contributed by atoms with Crippen molar-refractivity contribution in [2.45, 2.75) is 26.8 Å². The summed E-state index contributed by atoms with van der Waals surface area (Å²) in [5, 5.41) is 3.51. The van der Waals surface area contributed by atoms with Crippen LogP contribution < -0.4 is 10.1 Å². The second-order valence-corrected chi connectivity index (χ2v) is 5.09. The Bertz CT molecular complexity index is 536. The molecule has 2 heteroatoms. The molecule has 2 aromatic rings. The van der Waals surface area contributed by atoms with E-state index in [9.17, 15) is 0 Å². The summed E-state index contributed by atoms with van der Waals surface area (Å²) in [7, 11) is 0. The molecular weight excluding hydrogens is 246 g/mol. The number of benzene rings is 2. The number of hydrogen-bond acceptors (Lipinski definition) is 2. The van der Waals surface area contributed by atoms with Crippen LogP contribution in [0.25, 0.3) is 0 Å². The van der Waals surface area contributed by atoms with Crippen molar-refractivity contribution in [3.63, 3.8) is 0 Å². The number of hydrogen-bond donors (Lipinski definition) is 1. The van der Waals surface area contributed by atoms with Gasteiger partial charge in [-0.15, -0.1) is 0 Å². The van der Waals surface area contributed by atoms with Gasteiger partial charge in [-0.3, -0.25) is 0 Å². The van der Waals surface area contributed by atoms with E-state index in [1.54, 1.807) is 0 Å². The van der Waals surface area contributed by atoms with Crippen LogP contribution in [0, 0.1) is 13.8 Å². The summed E-state index contributed by atoms with van der Waals surface area (Å²) in [4.78, 5) is 0. The van der Waals surface area contributed by atoms with Crippen molar-refractivity contribution in [1.82, 2.24) is 5.32 Å². The minimum atomic E-state index is 0.222. The first-order valence-corrected chi connectivity index (χ1v) is 7.19. The molecule has 106 valence electrons. The Morgan fingerprint density at radius 3 is 2.50 bits per heavy atom. The van der Waals surface area contributed by atoms with E-state index in [-0.39, 0.29) is 6.04 Å². The number of para-hydroxylation sites is 1. The Morgan fingerprint density at radius 1 is 1.05 bits per heavy atom. The van der Waals surface area contributed by atoms with Crippen LogP contribution in [0.1, 0.15) is 29.7 Å². The molecule has 20 heavy (non-hydrogen) atoms. The fraction of sp³-hybridized carbons (Fsp3) is 0.333. The first-order chi connectivity index (χ1) is 9.70. The van der Waals surface area contributed by atoms with Gasteiger partial charge >= 0.3 is 0 Å². The van der Waals surface area contributed by atoms with E-state index in [1.807, 2.05) is 30.3 Å². The minimum absolute atomic E-state index is 0.222. The van der Waals surface area contributed by atoms with Gasteiger partial charge in [-0.05, 0) is 43.7 Å². The Balaban J connectivity index is 2.12. The third-order valence-corrected chi connectivity index (χ3v) is 3.42. The van der Waals surface area contributed by atoms with E-state index in [1.165, 1.54) is 16.7 Å². The molecular formula is C18H23NO. The monoisotopic (exact) mass is 269 g/mol. The summed E-state index contributed by atoms with van der Waals surface area (Å²) in [6.45, 7) is 7.98. The molecule has 2 nitrogen and oxygen atoms in total. The molecule has 0 amide bonds. The van der Waals surface area contributed by atoms with E-state index < -0.39 is 0 Å². The summed E-state index contributed by atoms with van der Waals surface area (Å²) in [5.41, 5.74) is 3.91. The summed E-state index contributed by atoms with van der Waals surface area (Å²) in [6, 6.07) is 16.8. The van der Waals surface area contributed by atoms with Gasteiger partial charge in [0.15, 0.2) is 0 Å². The van der Waals surface area contributed by atoms with E-state index in [0.717, 1.165) is 12.3 Å². The molecule has 2 rings (SSSR count). The Labute approximate surface area is 121 Å². The molecule has 0 bridgehead atoms. The van der Waals surface area contributed by atoms with Crippen molar-refractivity contribution in [2.24, 2.45) is 0 Å². The average Bonchev–Trinajstić information content (AvgIpc) is 2.47. The Hall–Kier alpha value is -1.80. The average molecular weight is 269 g/mol. The Kier molecular flexibility index (Phi) is 5.19. The first kappa shape index (κ1) is 14.6. The highest BCUT2D eigenvalue weighted by molar-refractivity contribution is 5.33. The van der Waals surface area contributed by atoms with Crippen LogP contribution in [0.4, 0.5) is 0 Å². The summed E-state index contributed by atoms with van der Waals surface area (Å²) < 4.78 is 5.91. The van der Waals surface area contributed by atoms with Crippen molar-refractivity contribution in [1.29, 1.82) is 0 Å². The second kappa shape index (κ2) is 7.11. The van der Waals surface area contributed by atoms with Crippen LogP contribution >= 0.6 is 0 Å². The SMILES string of the molecule is CCNC(COc1ccccc1)c1cc(C)ccc1C. The van der Waals surface area contributed by atoms with Gasteiger partial charge in [0.1, 0.15) is 12.4 Å². The maximum Gasteiger partial charge on any atom is 0.119 e. The van der Waals surface area contributed by atoms with Crippen molar-refractivity contribution >= 4 is 0 Å². The molecule has 0 aliphatic rings. The van der Waals surface area contributed by atoms with Gasteiger partial charge in [-0.25, -0.2) is 0 Å². The van der Waals surface area contributed by atoms with Crippen molar-refractivity contribution < 1.29 is 4.74 Å². The van der Waals surface area contributed by atoms with Crippen LogP contribution in [-0.4, -0.2) is 13.2 Å². The zero-order valence-corrected chi connectivity index (χ0v) is 12.5. The topological polar surface area (TPSA) is 21.3 Å². The maximum absolute atomic E-state index is 5.91. The van der Waals surface area contributed by atoms with Gasteiger partial charge in [0.05, 0.1) is 6.04 Å². The molecule has 1 N–H and O–H groups in total. The Morgan fingerprint density at radius 2 is 1.80 bits per heavy atom. The largest absolute Gasteiger partial charge is 0.492 e. The normalized spacial score (nSPS) is 12.2. The van der Waals surface area contributed by atoms with Gasteiger partial charge in [0.25, 0.3) is 0 Å². The molecule has 0 saturated heterocycles. The molecule has 0 fully saturated rings. The first-order valence-electron chi connectivity index (χ1n) is 7.19. The van der Waals surface area contributed by atoms with Crippen LogP contribution in [0.5, 0.6) is 5.75 Å². The van der Waals surface area contributed by atoms with Crippen LogP contribution in [0.15, 0.2) is 48.5 Å². The molecule has 0 saturated carbocycles. The third-order valence-electron chi connectivity index (χ3n) is 3.42. The highest BCUT2D eigenvalue weighted by Gasteiger charge is 2.13. The number of aryl methyl sites for hydroxylation is 2. The van der Waals surface area contributed by atoms with Gasteiger partial charge in [0.2, 0.25) is 0 Å². The van der Waals surface area contributed by atoms with Crippen molar-refractivity contribution in [3.05, 3.63) is 65.2 Å².